The quantitative estimate of drug-likeness (QED) is 0.646. The zero-order chi connectivity index (χ0) is 9.14. The lowest BCUT2D eigenvalue weighted by atomic mass is 10.0. The topological polar surface area (TPSA) is 23.5 Å². The molecular formula is C10H21NO. The van der Waals surface area contributed by atoms with Crippen LogP contribution in [0.2, 0.25) is 0 Å². The zero-order valence-electron chi connectivity index (χ0n) is 8.45. The summed E-state index contributed by atoms with van der Waals surface area (Å²) < 4.78 is 0. The number of likely N-dealkylation sites (tertiary alicyclic amines) is 1. The molecule has 0 aromatic rings. The van der Waals surface area contributed by atoms with Crippen LogP contribution in [0.1, 0.15) is 33.6 Å². The van der Waals surface area contributed by atoms with Gasteiger partial charge in [0.1, 0.15) is 0 Å². The lowest BCUT2D eigenvalue weighted by molar-refractivity contribution is 0.0986. The second-order valence-corrected chi connectivity index (χ2v) is 4.28. The van der Waals surface area contributed by atoms with Crippen LogP contribution in [0, 0.1) is 5.92 Å². The summed E-state index contributed by atoms with van der Waals surface area (Å²) in [6.07, 6.45) is 2.04. The molecule has 1 aliphatic heterocycles. The minimum absolute atomic E-state index is 0.0752. The first-order valence-electron chi connectivity index (χ1n) is 5.03. The molecule has 0 amide bonds. The van der Waals surface area contributed by atoms with Crippen molar-refractivity contribution in [2.24, 2.45) is 5.92 Å². The normalized spacial score (nSPS) is 33.8. The monoisotopic (exact) mass is 171 g/mol. The maximum Gasteiger partial charge on any atom is 0.0578 e. The largest absolute Gasteiger partial charge is 0.393 e. The van der Waals surface area contributed by atoms with E-state index in [0.29, 0.717) is 12.0 Å². The van der Waals surface area contributed by atoms with Crippen LogP contribution in [0.25, 0.3) is 0 Å². The predicted octanol–water partition coefficient (Wildman–Crippen LogP) is 1.49. The van der Waals surface area contributed by atoms with Crippen LogP contribution in [0.15, 0.2) is 0 Å². The Kier molecular flexibility index (Phi) is 3.53. The Morgan fingerprint density at radius 3 is 2.67 bits per heavy atom. The van der Waals surface area contributed by atoms with Gasteiger partial charge in [0.15, 0.2) is 0 Å². The molecule has 1 saturated heterocycles. The number of hydrogen-bond acceptors (Lipinski definition) is 2. The molecule has 1 rings (SSSR count). The van der Waals surface area contributed by atoms with Gasteiger partial charge in [0.25, 0.3) is 0 Å². The molecule has 0 spiro atoms. The van der Waals surface area contributed by atoms with Crippen LogP contribution >= 0.6 is 0 Å². The van der Waals surface area contributed by atoms with Crippen LogP contribution in [-0.2, 0) is 0 Å². The summed E-state index contributed by atoms with van der Waals surface area (Å²) >= 11 is 0. The van der Waals surface area contributed by atoms with E-state index in [9.17, 15) is 5.11 Å². The Bertz CT molecular complexity index is 136. The third kappa shape index (κ3) is 2.46. The van der Waals surface area contributed by atoms with Crippen LogP contribution in [0.5, 0.6) is 0 Å². The molecule has 72 valence electrons. The van der Waals surface area contributed by atoms with E-state index in [1.165, 1.54) is 0 Å². The van der Waals surface area contributed by atoms with Crippen molar-refractivity contribution in [3.8, 4) is 0 Å². The standard InChI is InChI=1S/C10H21NO/c1-8(2)11-6-4-5-10(12)9(3)7-11/h8-10,12H,4-7H2,1-3H3. The molecule has 2 unspecified atom stereocenters. The molecule has 0 aromatic carbocycles. The minimum atomic E-state index is -0.0752. The Balaban J connectivity index is 2.48. The average Bonchev–Trinajstić information content (AvgIpc) is 2.15. The highest BCUT2D eigenvalue weighted by molar-refractivity contribution is 4.76. The molecule has 12 heavy (non-hydrogen) atoms. The van der Waals surface area contributed by atoms with Crippen molar-refractivity contribution in [3.63, 3.8) is 0 Å². The van der Waals surface area contributed by atoms with E-state index >= 15 is 0 Å². The maximum absolute atomic E-state index is 9.63. The first-order chi connectivity index (χ1) is 5.61. The van der Waals surface area contributed by atoms with Crippen LogP contribution in [-0.4, -0.2) is 35.2 Å². The van der Waals surface area contributed by atoms with Gasteiger partial charge in [-0.3, -0.25) is 0 Å². The first-order valence-corrected chi connectivity index (χ1v) is 5.03. The third-order valence-electron chi connectivity index (χ3n) is 2.85. The highest BCUT2D eigenvalue weighted by atomic mass is 16.3. The van der Waals surface area contributed by atoms with Crippen molar-refractivity contribution in [2.45, 2.75) is 45.8 Å². The number of rotatable bonds is 1. The molecule has 2 atom stereocenters. The summed E-state index contributed by atoms with van der Waals surface area (Å²) in [5.41, 5.74) is 0. The molecule has 0 aromatic heterocycles. The molecule has 0 bridgehead atoms. The van der Waals surface area contributed by atoms with E-state index in [0.717, 1.165) is 25.9 Å². The number of hydrogen-bond donors (Lipinski definition) is 1. The number of aliphatic hydroxyl groups excluding tert-OH is 1. The summed E-state index contributed by atoms with van der Waals surface area (Å²) in [6.45, 7) is 8.80. The van der Waals surface area contributed by atoms with Gasteiger partial charge in [0.2, 0.25) is 0 Å². The van der Waals surface area contributed by atoms with E-state index in [1.54, 1.807) is 0 Å². The maximum atomic E-state index is 9.63. The molecule has 0 radical (unpaired) electrons. The Hall–Kier alpha value is -0.0800. The molecular weight excluding hydrogens is 150 g/mol. The minimum Gasteiger partial charge on any atom is -0.393 e. The molecule has 1 fully saturated rings. The molecule has 1 aliphatic rings. The van der Waals surface area contributed by atoms with Gasteiger partial charge in [-0.15, -0.1) is 0 Å². The Labute approximate surface area is 75.6 Å². The summed E-state index contributed by atoms with van der Waals surface area (Å²) in [5.74, 6) is 0.440. The van der Waals surface area contributed by atoms with Gasteiger partial charge in [-0.1, -0.05) is 6.92 Å². The van der Waals surface area contributed by atoms with E-state index < -0.39 is 0 Å². The average molecular weight is 171 g/mol. The highest BCUT2D eigenvalue weighted by Crippen LogP contribution is 2.17. The molecule has 1 heterocycles. The van der Waals surface area contributed by atoms with Gasteiger partial charge in [-0.25, -0.2) is 0 Å². The van der Waals surface area contributed by atoms with E-state index in [4.69, 9.17) is 0 Å². The summed E-state index contributed by atoms with van der Waals surface area (Å²) in [6, 6.07) is 0.623. The smallest absolute Gasteiger partial charge is 0.0578 e. The molecule has 0 saturated carbocycles. The van der Waals surface area contributed by atoms with Crippen LogP contribution in [0.4, 0.5) is 0 Å². The third-order valence-corrected chi connectivity index (χ3v) is 2.85. The van der Waals surface area contributed by atoms with Crippen molar-refractivity contribution >= 4 is 0 Å². The van der Waals surface area contributed by atoms with Gasteiger partial charge in [-0.2, -0.15) is 0 Å². The van der Waals surface area contributed by atoms with Crippen molar-refractivity contribution in [1.29, 1.82) is 0 Å². The number of aliphatic hydroxyl groups is 1. The van der Waals surface area contributed by atoms with Gasteiger partial charge in [0, 0.05) is 12.6 Å². The summed E-state index contributed by atoms with van der Waals surface area (Å²) in [7, 11) is 0. The van der Waals surface area contributed by atoms with Gasteiger partial charge >= 0.3 is 0 Å². The fourth-order valence-electron chi connectivity index (χ4n) is 1.84. The van der Waals surface area contributed by atoms with Crippen molar-refractivity contribution in [3.05, 3.63) is 0 Å². The second kappa shape index (κ2) is 4.24. The zero-order valence-corrected chi connectivity index (χ0v) is 8.45. The van der Waals surface area contributed by atoms with Crippen LogP contribution in [0.3, 0.4) is 0 Å². The van der Waals surface area contributed by atoms with Gasteiger partial charge in [0.05, 0.1) is 6.10 Å². The van der Waals surface area contributed by atoms with Crippen molar-refractivity contribution in [1.82, 2.24) is 4.90 Å². The second-order valence-electron chi connectivity index (χ2n) is 4.28. The van der Waals surface area contributed by atoms with Crippen molar-refractivity contribution < 1.29 is 5.11 Å². The summed E-state index contributed by atoms with van der Waals surface area (Å²) in [4.78, 5) is 2.46. The summed E-state index contributed by atoms with van der Waals surface area (Å²) in [5, 5.41) is 9.63. The van der Waals surface area contributed by atoms with Crippen LogP contribution < -0.4 is 0 Å². The Morgan fingerprint density at radius 1 is 1.42 bits per heavy atom. The Morgan fingerprint density at radius 2 is 2.08 bits per heavy atom. The molecule has 1 N–H and O–H groups in total. The van der Waals surface area contributed by atoms with E-state index in [2.05, 4.69) is 25.7 Å². The van der Waals surface area contributed by atoms with E-state index in [1.807, 2.05) is 0 Å². The van der Waals surface area contributed by atoms with Gasteiger partial charge in [-0.05, 0) is 39.2 Å². The van der Waals surface area contributed by atoms with Crippen molar-refractivity contribution in [2.75, 3.05) is 13.1 Å². The number of nitrogens with zero attached hydrogens (tertiary/aromatic N) is 1. The van der Waals surface area contributed by atoms with E-state index in [-0.39, 0.29) is 6.10 Å². The fraction of sp³-hybridized carbons (Fsp3) is 1.00. The molecule has 0 aliphatic carbocycles. The lowest BCUT2D eigenvalue weighted by Gasteiger charge is -2.27. The first kappa shape index (κ1) is 10.0. The predicted molar refractivity (Wildman–Crippen MR) is 51.1 cm³/mol. The molecule has 2 nitrogen and oxygen atoms in total. The SMILES string of the molecule is CC1CN(C(C)C)CCCC1O. The fourth-order valence-corrected chi connectivity index (χ4v) is 1.84. The molecule has 2 heteroatoms. The lowest BCUT2D eigenvalue weighted by Crippen LogP contribution is -2.35. The highest BCUT2D eigenvalue weighted by Gasteiger charge is 2.22. The van der Waals surface area contributed by atoms with Gasteiger partial charge < -0.3 is 10.0 Å².